The molecule has 0 radical (unpaired) electrons. The van der Waals surface area contributed by atoms with Crippen molar-refractivity contribution in [2.24, 2.45) is 0 Å². The largest absolute Gasteiger partial charge is 0.505 e. The Labute approximate surface area is 98.9 Å². The minimum absolute atomic E-state index is 0.0762. The predicted octanol–water partition coefficient (Wildman–Crippen LogP) is 1.63. The molecule has 0 saturated carbocycles. The van der Waals surface area contributed by atoms with Gasteiger partial charge >= 0.3 is 0 Å². The highest BCUT2D eigenvalue weighted by Gasteiger charge is 2.29. The van der Waals surface area contributed by atoms with E-state index in [1.807, 2.05) is 0 Å². The van der Waals surface area contributed by atoms with E-state index in [2.05, 4.69) is 4.98 Å². The van der Waals surface area contributed by atoms with Crippen LogP contribution in [-0.4, -0.2) is 39.4 Å². The summed E-state index contributed by atoms with van der Waals surface area (Å²) < 4.78 is 0. The van der Waals surface area contributed by atoms with Gasteiger partial charge in [0.2, 0.25) is 0 Å². The number of aromatic hydroxyl groups is 1. The first kappa shape index (κ1) is 11.2. The molecule has 1 aromatic heterocycles. The van der Waals surface area contributed by atoms with Crippen molar-refractivity contribution >= 4 is 17.5 Å². The van der Waals surface area contributed by atoms with Crippen LogP contribution in [0.4, 0.5) is 0 Å². The van der Waals surface area contributed by atoms with E-state index in [9.17, 15) is 9.90 Å². The summed E-state index contributed by atoms with van der Waals surface area (Å²) in [4.78, 5) is 17.6. The molecule has 1 amide bonds. The number of amides is 1. The summed E-state index contributed by atoms with van der Waals surface area (Å²) in [5.41, 5.74) is 0.298. The van der Waals surface area contributed by atoms with Crippen molar-refractivity contribution in [1.29, 1.82) is 0 Å². The van der Waals surface area contributed by atoms with Crippen molar-refractivity contribution in [2.75, 3.05) is 12.4 Å². The first-order chi connectivity index (χ1) is 7.74. The fourth-order valence-electron chi connectivity index (χ4n) is 1.99. The van der Waals surface area contributed by atoms with Gasteiger partial charge in [0.25, 0.3) is 5.91 Å². The molecule has 0 spiro atoms. The van der Waals surface area contributed by atoms with Crippen molar-refractivity contribution in [3.8, 4) is 5.75 Å². The van der Waals surface area contributed by atoms with Crippen LogP contribution in [0.15, 0.2) is 18.5 Å². The van der Waals surface area contributed by atoms with Crippen LogP contribution in [0.5, 0.6) is 5.75 Å². The van der Waals surface area contributed by atoms with Crippen LogP contribution in [0.3, 0.4) is 0 Å². The maximum atomic E-state index is 12.1. The molecule has 1 aliphatic heterocycles. The highest BCUT2D eigenvalue weighted by Crippen LogP contribution is 2.24. The van der Waals surface area contributed by atoms with E-state index in [0.29, 0.717) is 18.0 Å². The van der Waals surface area contributed by atoms with Gasteiger partial charge in [0, 0.05) is 24.7 Å². The lowest BCUT2D eigenvalue weighted by Crippen LogP contribution is -2.36. The van der Waals surface area contributed by atoms with Crippen LogP contribution in [0.1, 0.15) is 23.2 Å². The van der Waals surface area contributed by atoms with E-state index >= 15 is 0 Å². The summed E-state index contributed by atoms with van der Waals surface area (Å²) >= 11 is 5.81. The van der Waals surface area contributed by atoms with Gasteiger partial charge in [-0.05, 0) is 18.9 Å². The van der Waals surface area contributed by atoms with E-state index in [-0.39, 0.29) is 17.7 Å². The molecule has 1 aliphatic rings. The number of halogens is 1. The van der Waals surface area contributed by atoms with E-state index in [1.165, 1.54) is 18.5 Å². The van der Waals surface area contributed by atoms with Gasteiger partial charge in [-0.15, -0.1) is 11.6 Å². The van der Waals surface area contributed by atoms with Crippen molar-refractivity contribution in [3.05, 3.63) is 24.0 Å². The summed E-state index contributed by atoms with van der Waals surface area (Å²) in [6, 6.07) is 1.61. The number of alkyl halides is 1. The van der Waals surface area contributed by atoms with Crippen LogP contribution in [0.25, 0.3) is 0 Å². The Balaban J connectivity index is 2.22. The van der Waals surface area contributed by atoms with Crippen LogP contribution in [0, 0.1) is 0 Å². The summed E-state index contributed by atoms with van der Waals surface area (Å²) in [6.07, 6.45) is 4.67. The summed E-state index contributed by atoms with van der Waals surface area (Å²) in [5, 5.41) is 9.56. The van der Waals surface area contributed by atoms with Gasteiger partial charge in [-0.25, -0.2) is 0 Å². The van der Waals surface area contributed by atoms with E-state index < -0.39 is 0 Å². The summed E-state index contributed by atoms with van der Waals surface area (Å²) in [5.74, 6) is 0.202. The minimum Gasteiger partial charge on any atom is -0.505 e. The fourth-order valence-corrected chi connectivity index (χ4v) is 2.31. The molecule has 1 atom stereocenters. The predicted molar refractivity (Wildman–Crippen MR) is 60.7 cm³/mol. The molecule has 2 heterocycles. The normalized spacial score (nSPS) is 20.1. The van der Waals surface area contributed by atoms with Crippen LogP contribution >= 0.6 is 11.6 Å². The first-order valence-electron chi connectivity index (χ1n) is 5.24. The topological polar surface area (TPSA) is 53.4 Å². The number of carbonyl (C=O) groups is 1. The molecular weight excluding hydrogens is 228 g/mol. The average molecular weight is 241 g/mol. The van der Waals surface area contributed by atoms with Crippen molar-refractivity contribution in [3.63, 3.8) is 0 Å². The molecule has 1 fully saturated rings. The molecule has 0 aliphatic carbocycles. The molecule has 1 aromatic rings. The molecular formula is C11H13ClN2O2. The molecule has 16 heavy (non-hydrogen) atoms. The number of nitrogens with zero attached hydrogens (tertiary/aromatic N) is 2. The zero-order chi connectivity index (χ0) is 11.5. The smallest absolute Gasteiger partial charge is 0.258 e. The number of hydrogen-bond donors (Lipinski definition) is 1. The molecule has 0 bridgehead atoms. The van der Waals surface area contributed by atoms with Gasteiger partial charge in [0.05, 0.1) is 11.8 Å². The Hall–Kier alpha value is -1.29. The zero-order valence-corrected chi connectivity index (χ0v) is 9.52. The third-order valence-electron chi connectivity index (χ3n) is 2.85. The quantitative estimate of drug-likeness (QED) is 0.800. The molecule has 5 heteroatoms. The van der Waals surface area contributed by atoms with Gasteiger partial charge in [0.15, 0.2) is 0 Å². The molecule has 4 nitrogen and oxygen atoms in total. The van der Waals surface area contributed by atoms with E-state index in [4.69, 9.17) is 11.6 Å². The molecule has 86 valence electrons. The van der Waals surface area contributed by atoms with Gasteiger partial charge in [-0.2, -0.15) is 0 Å². The number of likely N-dealkylation sites (tertiary alicyclic amines) is 1. The lowest BCUT2D eigenvalue weighted by molar-refractivity contribution is 0.0746. The van der Waals surface area contributed by atoms with Gasteiger partial charge in [-0.1, -0.05) is 0 Å². The van der Waals surface area contributed by atoms with Gasteiger partial charge < -0.3 is 10.0 Å². The Bertz CT molecular complexity index is 397. The second kappa shape index (κ2) is 4.70. The lowest BCUT2D eigenvalue weighted by atomic mass is 10.2. The molecule has 1 N–H and O–H groups in total. The lowest BCUT2D eigenvalue weighted by Gasteiger charge is -2.23. The second-order valence-electron chi connectivity index (χ2n) is 3.84. The summed E-state index contributed by atoms with van der Waals surface area (Å²) in [6.45, 7) is 0.706. The van der Waals surface area contributed by atoms with Gasteiger partial charge in [0.1, 0.15) is 5.75 Å². The maximum absolute atomic E-state index is 12.1. The van der Waals surface area contributed by atoms with Crippen molar-refractivity contribution in [2.45, 2.75) is 18.9 Å². The number of rotatable bonds is 2. The van der Waals surface area contributed by atoms with E-state index in [0.717, 1.165) is 12.8 Å². The van der Waals surface area contributed by atoms with E-state index in [1.54, 1.807) is 4.90 Å². The first-order valence-corrected chi connectivity index (χ1v) is 5.77. The number of carbonyl (C=O) groups excluding carboxylic acids is 1. The average Bonchev–Trinajstić information content (AvgIpc) is 2.77. The third-order valence-corrected chi connectivity index (χ3v) is 3.20. The Kier molecular flexibility index (Phi) is 3.29. The number of aromatic nitrogens is 1. The van der Waals surface area contributed by atoms with Crippen LogP contribution in [0.2, 0.25) is 0 Å². The fraction of sp³-hybridized carbons (Fsp3) is 0.455. The SMILES string of the molecule is O=C(c1ccncc1O)N1CCCC1CCl. The third kappa shape index (κ3) is 1.97. The number of hydrogen-bond acceptors (Lipinski definition) is 3. The standard InChI is InChI=1S/C11H13ClN2O2/c12-6-8-2-1-5-14(8)11(16)9-3-4-13-7-10(9)15/h3-4,7-8,15H,1-2,5-6H2. The molecule has 2 rings (SSSR count). The van der Waals surface area contributed by atoms with Crippen molar-refractivity contribution < 1.29 is 9.90 Å². The van der Waals surface area contributed by atoms with Gasteiger partial charge in [-0.3, -0.25) is 9.78 Å². The Morgan fingerprint density at radius 3 is 3.19 bits per heavy atom. The second-order valence-corrected chi connectivity index (χ2v) is 4.15. The Morgan fingerprint density at radius 2 is 2.50 bits per heavy atom. The Morgan fingerprint density at radius 1 is 1.69 bits per heavy atom. The highest BCUT2D eigenvalue weighted by atomic mass is 35.5. The zero-order valence-electron chi connectivity index (χ0n) is 8.77. The monoisotopic (exact) mass is 240 g/mol. The van der Waals surface area contributed by atoms with Crippen molar-refractivity contribution in [1.82, 2.24) is 9.88 Å². The van der Waals surface area contributed by atoms with Crippen LogP contribution in [-0.2, 0) is 0 Å². The maximum Gasteiger partial charge on any atom is 0.258 e. The molecule has 1 unspecified atom stereocenters. The summed E-state index contributed by atoms with van der Waals surface area (Å²) in [7, 11) is 0. The van der Waals surface area contributed by atoms with Crippen LogP contribution < -0.4 is 0 Å². The molecule has 1 saturated heterocycles. The molecule has 0 aromatic carbocycles. The minimum atomic E-state index is -0.164. The number of pyridine rings is 1. The highest BCUT2D eigenvalue weighted by molar-refractivity contribution is 6.18.